The molecule has 2 aromatic heterocycles. The Morgan fingerprint density at radius 2 is 1.96 bits per heavy atom. The van der Waals surface area contributed by atoms with Gasteiger partial charge in [-0.05, 0) is 41.9 Å². The molecule has 0 radical (unpaired) electrons. The van der Waals surface area contributed by atoms with Crippen molar-refractivity contribution in [3.63, 3.8) is 0 Å². The highest BCUT2D eigenvalue weighted by Crippen LogP contribution is 2.26. The van der Waals surface area contributed by atoms with Crippen LogP contribution >= 0.6 is 15.9 Å². The molecule has 0 saturated carbocycles. The van der Waals surface area contributed by atoms with Crippen LogP contribution in [0.3, 0.4) is 0 Å². The molecule has 0 amide bonds. The Balaban J connectivity index is 1.67. The molecular weight excluding hydrogens is 420 g/mol. The fourth-order valence-corrected chi connectivity index (χ4v) is 4.58. The van der Waals surface area contributed by atoms with Gasteiger partial charge in [0.25, 0.3) is 0 Å². The topological polar surface area (TPSA) is 75.6 Å². The smallest absolute Gasteiger partial charge is 0.216 e. The van der Waals surface area contributed by atoms with Crippen LogP contribution in [0.15, 0.2) is 29.0 Å². The third kappa shape index (κ3) is 4.51. The number of halogens is 1. The molecule has 0 aliphatic carbocycles. The molecule has 0 bridgehead atoms. The molecule has 0 unspecified atom stereocenters. The number of pyridine rings is 2. The van der Waals surface area contributed by atoms with Crippen LogP contribution in [0.5, 0.6) is 0 Å². The number of rotatable bonds is 6. The summed E-state index contributed by atoms with van der Waals surface area (Å²) in [5.74, 6) is 0.0267. The van der Waals surface area contributed by atoms with Crippen molar-refractivity contribution < 1.29 is 13.2 Å². The monoisotopic (exact) mass is 442 g/mol. The molecule has 3 heterocycles. The fraction of sp³-hybridized carbons (Fsp3) is 0.529. The lowest BCUT2D eigenvalue weighted by molar-refractivity contribution is 0.0906. The van der Waals surface area contributed by atoms with Crippen molar-refractivity contribution in [2.45, 2.75) is 20.0 Å². The first-order valence-corrected chi connectivity index (χ1v) is 11.0. The van der Waals surface area contributed by atoms with Crippen molar-refractivity contribution in [3.8, 4) is 0 Å². The minimum absolute atomic E-state index is 0.0267. The standard InChI is InChI=1S/C17H23BrN4O3S/c1-13(2)25-9-10-26(23,24)22-7-5-21(6-8-22)16-3-4-19-15-11-14(18)12-20-17(15)16/h3-4,11-13H,5-10H2,1-2H3. The normalized spacial score (nSPS) is 16.5. The summed E-state index contributed by atoms with van der Waals surface area (Å²) in [5, 5.41) is 0. The number of hydrogen-bond acceptors (Lipinski definition) is 6. The van der Waals surface area contributed by atoms with Crippen LogP contribution < -0.4 is 4.90 Å². The molecule has 0 N–H and O–H groups in total. The van der Waals surface area contributed by atoms with Crippen LogP contribution in [0.25, 0.3) is 11.0 Å². The zero-order valence-electron chi connectivity index (χ0n) is 14.9. The van der Waals surface area contributed by atoms with Gasteiger partial charge in [-0.3, -0.25) is 9.97 Å². The minimum Gasteiger partial charge on any atom is -0.378 e. The predicted molar refractivity (Wildman–Crippen MR) is 106 cm³/mol. The molecule has 2 aromatic rings. The second-order valence-electron chi connectivity index (χ2n) is 6.47. The number of fused-ring (bicyclic) bond motifs is 1. The van der Waals surface area contributed by atoms with Crippen LogP contribution in [-0.2, 0) is 14.8 Å². The lowest BCUT2D eigenvalue weighted by atomic mass is 10.2. The van der Waals surface area contributed by atoms with E-state index in [9.17, 15) is 8.42 Å². The van der Waals surface area contributed by atoms with E-state index in [0.29, 0.717) is 26.2 Å². The Hall–Kier alpha value is -1.29. The number of ether oxygens (including phenoxy) is 1. The molecule has 1 aliphatic rings. The van der Waals surface area contributed by atoms with Gasteiger partial charge in [0.2, 0.25) is 10.0 Å². The maximum absolute atomic E-state index is 12.5. The Kier molecular flexibility index (Phi) is 6.11. The number of aromatic nitrogens is 2. The molecule has 3 rings (SSSR count). The molecule has 0 aromatic carbocycles. The zero-order chi connectivity index (χ0) is 18.7. The van der Waals surface area contributed by atoms with E-state index < -0.39 is 10.0 Å². The molecule has 1 fully saturated rings. The van der Waals surface area contributed by atoms with Crippen molar-refractivity contribution in [1.29, 1.82) is 0 Å². The quantitative estimate of drug-likeness (QED) is 0.682. The van der Waals surface area contributed by atoms with Crippen LogP contribution in [-0.4, -0.2) is 67.3 Å². The summed E-state index contributed by atoms with van der Waals surface area (Å²) in [5.41, 5.74) is 2.64. The molecule has 7 nitrogen and oxygen atoms in total. The Morgan fingerprint density at radius 1 is 1.23 bits per heavy atom. The average Bonchev–Trinajstić information content (AvgIpc) is 2.60. The van der Waals surface area contributed by atoms with Gasteiger partial charge in [0, 0.05) is 43.0 Å². The Labute approximate surface area is 162 Å². The summed E-state index contributed by atoms with van der Waals surface area (Å²) in [4.78, 5) is 11.0. The largest absolute Gasteiger partial charge is 0.378 e. The average molecular weight is 443 g/mol. The molecule has 9 heteroatoms. The van der Waals surface area contributed by atoms with E-state index in [-0.39, 0.29) is 18.5 Å². The van der Waals surface area contributed by atoms with Gasteiger partial charge < -0.3 is 9.64 Å². The van der Waals surface area contributed by atoms with Gasteiger partial charge in [-0.1, -0.05) is 0 Å². The van der Waals surface area contributed by atoms with E-state index in [0.717, 1.165) is 21.2 Å². The minimum atomic E-state index is -3.29. The van der Waals surface area contributed by atoms with Gasteiger partial charge in [0.1, 0.15) is 5.52 Å². The summed E-state index contributed by atoms with van der Waals surface area (Å²) >= 11 is 3.41. The highest BCUT2D eigenvalue weighted by Gasteiger charge is 2.27. The number of nitrogens with zero attached hydrogens (tertiary/aromatic N) is 4. The van der Waals surface area contributed by atoms with E-state index >= 15 is 0 Å². The first kappa shape index (κ1) is 19.5. The maximum Gasteiger partial charge on any atom is 0.216 e. The summed E-state index contributed by atoms with van der Waals surface area (Å²) in [7, 11) is -3.29. The third-order valence-corrected chi connectivity index (χ3v) is 6.56. The van der Waals surface area contributed by atoms with Gasteiger partial charge in [-0.2, -0.15) is 4.31 Å². The number of sulfonamides is 1. The van der Waals surface area contributed by atoms with Crippen molar-refractivity contribution in [1.82, 2.24) is 14.3 Å². The molecule has 26 heavy (non-hydrogen) atoms. The molecule has 0 atom stereocenters. The lowest BCUT2D eigenvalue weighted by Gasteiger charge is -2.35. The van der Waals surface area contributed by atoms with Gasteiger partial charge in [-0.15, -0.1) is 0 Å². The zero-order valence-corrected chi connectivity index (χ0v) is 17.3. The Bertz CT molecular complexity index is 867. The fourth-order valence-electron chi connectivity index (χ4n) is 2.97. The second-order valence-corrected chi connectivity index (χ2v) is 9.48. The number of anilines is 1. The number of piperazine rings is 1. The highest BCUT2D eigenvalue weighted by molar-refractivity contribution is 9.10. The van der Waals surface area contributed by atoms with Crippen molar-refractivity contribution >= 4 is 42.7 Å². The first-order valence-electron chi connectivity index (χ1n) is 8.61. The van der Waals surface area contributed by atoms with Gasteiger partial charge in [-0.25, -0.2) is 8.42 Å². The van der Waals surface area contributed by atoms with E-state index in [4.69, 9.17) is 4.74 Å². The Morgan fingerprint density at radius 3 is 2.65 bits per heavy atom. The van der Waals surface area contributed by atoms with E-state index in [1.165, 1.54) is 0 Å². The van der Waals surface area contributed by atoms with Crippen LogP contribution in [0, 0.1) is 0 Å². The molecular formula is C17H23BrN4O3S. The van der Waals surface area contributed by atoms with Crippen molar-refractivity contribution in [2.24, 2.45) is 0 Å². The molecule has 142 valence electrons. The van der Waals surface area contributed by atoms with Crippen molar-refractivity contribution in [3.05, 3.63) is 29.0 Å². The van der Waals surface area contributed by atoms with Crippen LogP contribution in [0.2, 0.25) is 0 Å². The molecule has 1 saturated heterocycles. The molecule has 0 spiro atoms. The van der Waals surface area contributed by atoms with Crippen LogP contribution in [0.1, 0.15) is 13.8 Å². The van der Waals surface area contributed by atoms with Crippen molar-refractivity contribution in [2.75, 3.05) is 43.4 Å². The van der Waals surface area contributed by atoms with E-state index in [1.807, 2.05) is 26.0 Å². The predicted octanol–water partition coefficient (Wildman–Crippen LogP) is 2.27. The van der Waals surface area contributed by atoms with E-state index in [2.05, 4.69) is 30.8 Å². The summed E-state index contributed by atoms with van der Waals surface area (Å²) in [6.07, 6.45) is 3.55. The van der Waals surface area contributed by atoms with Gasteiger partial charge in [0.15, 0.2) is 0 Å². The lowest BCUT2D eigenvalue weighted by Crippen LogP contribution is -2.49. The number of hydrogen-bond donors (Lipinski definition) is 0. The van der Waals surface area contributed by atoms with Gasteiger partial charge >= 0.3 is 0 Å². The summed E-state index contributed by atoms with van der Waals surface area (Å²) in [6.45, 7) is 6.21. The maximum atomic E-state index is 12.5. The third-order valence-electron chi connectivity index (χ3n) is 4.29. The summed E-state index contributed by atoms with van der Waals surface area (Å²) in [6, 6.07) is 3.87. The van der Waals surface area contributed by atoms with Crippen LogP contribution in [0.4, 0.5) is 5.69 Å². The van der Waals surface area contributed by atoms with E-state index in [1.54, 1.807) is 16.7 Å². The molecule has 1 aliphatic heterocycles. The highest BCUT2D eigenvalue weighted by atomic mass is 79.9. The van der Waals surface area contributed by atoms with Gasteiger partial charge in [0.05, 0.1) is 29.7 Å². The first-order chi connectivity index (χ1) is 12.4. The SMILES string of the molecule is CC(C)OCCS(=O)(=O)N1CCN(c2ccnc3cc(Br)cnc23)CC1. The summed E-state index contributed by atoms with van der Waals surface area (Å²) < 4.78 is 32.7. The second kappa shape index (κ2) is 8.16.